The Labute approximate surface area is 199 Å². The van der Waals surface area contributed by atoms with Gasteiger partial charge in [0, 0.05) is 48.4 Å². The summed E-state index contributed by atoms with van der Waals surface area (Å²) in [5.41, 5.74) is 4.61. The number of amides is 1. The van der Waals surface area contributed by atoms with Crippen LogP contribution in [0.1, 0.15) is 40.0 Å². The number of hydrogen-bond donors (Lipinski definition) is 1. The van der Waals surface area contributed by atoms with Gasteiger partial charge in [0.05, 0.1) is 12.1 Å². The lowest BCUT2D eigenvalue weighted by Gasteiger charge is -2.26. The van der Waals surface area contributed by atoms with Crippen molar-refractivity contribution in [2.45, 2.75) is 38.4 Å². The SMILES string of the molecule is O=C1c2ncn3c(NCc4c(F)ccc5c4CCO5)ncc(c23)-c2ccc(F)cc2CN1C1CC1. The zero-order valence-electron chi connectivity index (χ0n) is 18.7. The molecular formula is C26H21F2N5O2. The molecule has 3 aliphatic rings. The van der Waals surface area contributed by atoms with Crippen LogP contribution in [0.5, 0.6) is 5.75 Å². The van der Waals surface area contributed by atoms with Gasteiger partial charge in [0.2, 0.25) is 5.95 Å². The number of ether oxygens (including phenoxy) is 1. The van der Waals surface area contributed by atoms with Gasteiger partial charge in [-0.1, -0.05) is 6.07 Å². The Morgan fingerprint density at radius 3 is 2.86 bits per heavy atom. The van der Waals surface area contributed by atoms with E-state index in [-0.39, 0.29) is 30.1 Å². The van der Waals surface area contributed by atoms with Crippen molar-refractivity contribution < 1.29 is 18.3 Å². The highest BCUT2D eigenvalue weighted by Gasteiger charge is 2.37. The maximum Gasteiger partial charge on any atom is 0.275 e. The molecule has 4 heterocycles. The smallest absolute Gasteiger partial charge is 0.275 e. The molecule has 0 spiro atoms. The summed E-state index contributed by atoms with van der Waals surface area (Å²) in [6, 6.07) is 7.85. The average Bonchev–Trinajstić information content (AvgIpc) is 3.40. The maximum absolute atomic E-state index is 14.7. The summed E-state index contributed by atoms with van der Waals surface area (Å²) >= 11 is 0. The number of imidazole rings is 1. The van der Waals surface area contributed by atoms with Crippen LogP contribution in [-0.2, 0) is 19.5 Å². The van der Waals surface area contributed by atoms with Crippen molar-refractivity contribution in [3.05, 3.63) is 76.9 Å². The number of rotatable bonds is 4. The van der Waals surface area contributed by atoms with E-state index >= 15 is 0 Å². The fourth-order valence-corrected chi connectivity index (χ4v) is 5.20. The second-order valence-electron chi connectivity index (χ2n) is 9.23. The Morgan fingerprint density at radius 2 is 2.00 bits per heavy atom. The molecule has 0 bridgehead atoms. The van der Waals surface area contributed by atoms with Gasteiger partial charge in [0.15, 0.2) is 5.69 Å². The molecule has 2 aromatic carbocycles. The van der Waals surface area contributed by atoms with E-state index in [0.717, 1.165) is 29.5 Å². The Bertz CT molecular complexity index is 1530. The van der Waals surface area contributed by atoms with Crippen LogP contribution in [0.4, 0.5) is 14.7 Å². The average molecular weight is 473 g/mol. The molecule has 0 radical (unpaired) electrons. The van der Waals surface area contributed by atoms with Crippen molar-refractivity contribution in [1.82, 2.24) is 19.3 Å². The van der Waals surface area contributed by atoms with Gasteiger partial charge in [0.1, 0.15) is 23.7 Å². The molecule has 1 amide bonds. The summed E-state index contributed by atoms with van der Waals surface area (Å²) in [6.07, 6.45) is 5.75. The van der Waals surface area contributed by atoms with E-state index in [0.29, 0.717) is 53.6 Å². The predicted molar refractivity (Wildman–Crippen MR) is 124 cm³/mol. The van der Waals surface area contributed by atoms with E-state index in [2.05, 4.69) is 15.3 Å². The molecule has 1 aliphatic carbocycles. The topological polar surface area (TPSA) is 71.8 Å². The first-order chi connectivity index (χ1) is 17.1. The molecule has 1 N–H and O–H groups in total. The summed E-state index contributed by atoms with van der Waals surface area (Å²) in [5.74, 6) is 0.325. The first kappa shape index (κ1) is 20.4. The van der Waals surface area contributed by atoms with Crippen molar-refractivity contribution in [3.63, 3.8) is 0 Å². The number of anilines is 1. The Kier molecular flexibility index (Phi) is 4.36. The van der Waals surface area contributed by atoms with Crippen LogP contribution in [0.2, 0.25) is 0 Å². The van der Waals surface area contributed by atoms with Gasteiger partial charge in [-0.15, -0.1) is 0 Å². The molecule has 1 fully saturated rings. The van der Waals surface area contributed by atoms with Crippen LogP contribution in [0.25, 0.3) is 16.6 Å². The van der Waals surface area contributed by atoms with Gasteiger partial charge in [-0.2, -0.15) is 0 Å². The molecule has 2 aliphatic heterocycles. The van der Waals surface area contributed by atoms with E-state index in [1.807, 2.05) is 0 Å². The number of hydrogen-bond acceptors (Lipinski definition) is 5. The second-order valence-corrected chi connectivity index (χ2v) is 9.23. The lowest BCUT2D eigenvalue weighted by molar-refractivity contribution is 0.0726. The van der Waals surface area contributed by atoms with Gasteiger partial charge < -0.3 is 15.0 Å². The summed E-state index contributed by atoms with van der Waals surface area (Å²) in [7, 11) is 0. The third kappa shape index (κ3) is 3.18. The highest BCUT2D eigenvalue weighted by atomic mass is 19.1. The fourth-order valence-electron chi connectivity index (χ4n) is 5.20. The molecular weight excluding hydrogens is 452 g/mol. The van der Waals surface area contributed by atoms with E-state index in [4.69, 9.17) is 4.74 Å². The van der Waals surface area contributed by atoms with Crippen molar-refractivity contribution in [3.8, 4) is 16.9 Å². The van der Waals surface area contributed by atoms with Crippen LogP contribution in [0.15, 0.2) is 42.9 Å². The molecule has 0 unspecified atom stereocenters. The van der Waals surface area contributed by atoms with Gasteiger partial charge >= 0.3 is 0 Å². The Balaban J connectivity index is 1.35. The molecule has 2 aromatic heterocycles. The van der Waals surface area contributed by atoms with E-state index in [1.54, 1.807) is 34.0 Å². The minimum atomic E-state index is -0.343. The molecule has 4 aromatic rings. The number of nitrogens with zero attached hydrogens (tertiary/aromatic N) is 4. The Hall–Kier alpha value is -4.01. The molecule has 7 nitrogen and oxygen atoms in total. The predicted octanol–water partition coefficient (Wildman–Crippen LogP) is 4.34. The summed E-state index contributed by atoms with van der Waals surface area (Å²) < 4.78 is 36.1. The highest BCUT2D eigenvalue weighted by molar-refractivity contribution is 6.04. The number of benzene rings is 2. The zero-order valence-corrected chi connectivity index (χ0v) is 18.7. The van der Waals surface area contributed by atoms with E-state index in [9.17, 15) is 13.6 Å². The van der Waals surface area contributed by atoms with Gasteiger partial charge in [-0.05, 0) is 48.2 Å². The number of carbonyl (C=O) groups is 1. The molecule has 35 heavy (non-hydrogen) atoms. The van der Waals surface area contributed by atoms with Crippen molar-refractivity contribution in [2.24, 2.45) is 0 Å². The van der Waals surface area contributed by atoms with Crippen molar-refractivity contribution >= 4 is 17.4 Å². The standard InChI is InChI=1S/C26H21F2N5O2/c27-15-1-4-17-14(9-15)12-32(16-2-3-16)25(34)23-24-20(17)11-30-26(33(24)13-31-23)29-10-19-18-7-8-35-22(18)6-5-21(19)28/h1,4-6,9,11,13,16H,2-3,7-8,10,12H2,(H,29,30). The van der Waals surface area contributed by atoms with E-state index in [1.165, 1.54) is 18.2 Å². The number of carbonyl (C=O) groups excluding carboxylic acids is 1. The zero-order chi connectivity index (χ0) is 23.7. The van der Waals surface area contributed by atoms with Gasteiger partial charge in [-0.25, -0.2) is 18.7 Å². The number of nitrogens with one attached hydrogen (secondary N) is 1. The van der Waals surface area contributed by atoms with Crippen LogP contribution < -0.4 is 10.1 Å². The minimum Gasteiger partial charge on any atom is -0.493 e. The minimum absolute atomic E-state index is 0.140. The number of fused-ring (bicyclic) bond motifs is 3. The van der Waals surface area contributed by atoms with Crippen LogP contribution in [-0.4, -0.2) is 37.8 Å². The van der Waals surface area contributed by atoms with Crippen molar-refractivity contribution in [2.75, 3.05) is 11.9 Å². The van der Waals surface area contributed by atoms with E-state index < -0.39 is 0 Å². The lowest BCUT2D eigenvalue weighted by atomic mass is 9.97. The first-order valence-electron chi connectivity index (χ1n) is 11.7. The molecule has 7 rings (SSSR count). The summed E-state index contributed by atoms with van der Waals surface area (Å²) in [6.45, 7) is 1.07. The molecule has 176 valence electrons. The number of aromatic nitrogens is 3. The third-order valence-corrected chi connectivity index (χ3v) is 7.08. The molecule has 9 heteroatoms. The normalized spacial score (nSPS) is 16.5. The molecule has 1 saturated carbocycles. The van der Waals surface area contributed by atoms with Gasteiger partial charge in [-0.3, -0.25) is 9.20 Å². The van der Waals surface area contributed by atoms with Gasteiger partial charge in [0.25, 0.3) is 5.91 Å². The van der Waals surface area contributed by atoms with Crippen LogP contribution >= 0.6 is 0 Å². The highest BCUT2D eigenvalue weighted by Crippen LogP contribution is 2.38. The quantitative estimate of drug-likeness (QED) is 0.478. The summed E-state index contributed by atoms with van der Waals surface area (Å²) in [5, 5.41) is 3.22. The largest absolute Gasteiger partial charge is 0.493 e. The molecule has 0 saturated heterocycles. The van der Waals surface area contributed by atoms with Crippen molar-refractivity contribution in [1.29, 1.82) is 0 Å². The lowest BCUT2D eigenvalue weighted by Crippen LogP contribution is -2.34. The Morgan fingerprint density at radius 1 is 1.11 bits per heavy atom. The maximum atomic E-state index is 14.7. The van der Waals surface area contributed by atoms with Crippen LogP contribution in [0.3, 0.4) is 0 Å². The fraction of sp³-hybridized carbons (Fsp3) is 0.269. The summed E-state index contributed by atoms with van der Waals surface area (Å²) in [4.78, 5) is 24.4. The van der Waals surface area contributed by atoms with Crippen LogP contribution in [0, 0.1) is 11.6 Å². The second kappa shape index (κ2) is 7.49. The number of halogens is 2. The molecule has 0 atom stereocenters. The third-order valence-electron chi connectivity index (χ3n) is 7.08. The monoisotopic (exact) mass is 473 g/mol. The first-order valence-corrected chi connectivity index (χ1v) is 11.7.